The van der Waals surface area contributed by atoms with Crippen LogP contribution in [0.15, 0.2) is 0 Å². The molecule has 4 atom stereocenters. The number of rotatable bonds is 12. The zero-order chi connectivity index (χ0) is 46.6. The first-order valence-corrected chi connectivity index (χ1v) is 23.3. The predicted molar refractivity (Wildman–Crippen MR) is 241 cm³/mol. The summed E-state index contributed by atoms with van der Waals surface area (Å²) in [6.45, 7) is 34.2. The number of ether oxygens (including phenoxy) is 4. The van der Waals surface area contributed by atoms with Crippen LogP contribution in [-0.4, -0.2) is 141 Å². The van der Waals surface area contributed by atoms with E-state index in [0.29, 0.717) is 57.3 Å². The first-order valence-electron chi connectivity index (χ1n) is 23.3. The van der Waals surface area contributed by atoms with Gasteiger partial charge in [-0.1, -0.05) is 13.8 Å². The molecule has 4 saturated heterocycles. The van der Waals surface area contributed by atoms with E-state index >= 15 is 0 Å². The van der Waals surface area contributed by atoms with Gasteiger partial charge in [0.05, 0.1) is 24.7 Å². The molecule has 4 unspecified atom stereocenters. The van der Waals surface area contributed by atoms with E-state index in [0.717, 1.165) is 0 Å². The fraction of sp³-hybridized carbons (Fsp3) is 0.918. The highest BCUT2D eigenvalue weighted by molar-refractivity contribution is 5.88. The molecule has 0 bridgehead atoms. The van der Waals surface area contributed by atoms with Gasteiger partial charge in [-0.05, 0) is 131 Å². The van der Waals surface area contributed by atoms with Crippen molar-refractivity contribution < 1.29 is 38.1 Å². The number of likely N-dealkylation sites (tertiary alicyclic amines) is 4. The molecule has 4 aliphatic rings. The van der Waals surface area contributed by atoms with Crippen LogP contribution < -0.4 is 0 Å². The van der Waals surface area contributed by atoms with E-state index in [1.807, 2.05) is 0 Å². The molecular weight excluding hydrogens is 773 g/mol. The molecule has 0 aromatic rings. The maximum absolute atomic E-state index is 14.9. The zero-order valence-corrected chi connectivity index (χ0v) is 42.2. The molecule has 0 spiro atoms. The van der Waals surface area contributed by atoms with Gasteiger partial charge in [0.25, 0.3) is 0 Å². The summed E-state index contributed by atoms with van der Waals surface area (Å²) in [5, 5.41) is 0. The summed E-state index contributed by atoms with van der Waals surface area (Å²) in [6.07, 6.45) is 2.16. The normalized spacial score (nSPS) is 29.3. The maximum atomic E-state index is 14.9. The van der Waals surface area contributed by atoms with E-state index in [-0.39, 0.29) is 50.9 Å². The van der Waals surface area contributed by atoms with Crippen LogP contribution in [0.4, 0.5) is 0 Å². The smallest absolute Gasteiger partial charge is 0.310 e. The zero-order valence-electron chi connectivity index (χ0n) is 42.2. The van der Waals surface area contributed by atoms with Crippen LogP contribution in [0.1, 0.15) is 175 Å². The molecule has 4 aliphatic heterocycles. The van der Waals surface area contributed by atoms with Crippen molar-refractivity contribution in [3.63, 3.8) is 0 Å². The van der Waals surface area contributed by atoms with Crippen LogP contribution in [0.5, 0.6) is 0 Å². The number of carbonyl (C=O) groups is 4. The largest absolute Gasteiger partial charge is 0.462 e. The predicted octanol–water partition coefficient (Wildman–Crippen LogP) is 8.02. The second-order valence-corrected chi connectivity index (χ2v) is 24.4. The summed E-state index contributed by atoms with van der Waals surface area (Å²) >= 11 is 0. The molecule has 12 nitrogen and oxygen atoms in total. The van der Waals surface area contributed by atoms with Crippen molar-refractivity contribution >= 4 is 23.9 Å². The van der Waals surface area contributed by atoms with Gasteiger partial charge >= 0.3 is 23.9 Å². The van der Waals surface area contributed by atoms with Crippen LogP contribution in [0.25, 0.3) is 0 Å². The minimum Gasteiger partial charge on any atom is -0.462 e. The van der Waals surface area contributed by atoms with E-state index in [2.05, 4.69) is 159 Å². The highest BCUT2D eigenvalue weighted by atomic mass is 16.6. The lowest BCUT2D eigenvalue weighted by Crippen LogP contribution is -2.61. The molecule has 0 amide bonds. The number of esters is 4. The second-order valence-electron chi connectivity index (χ2n) is 24.4. The molecule has 4 rings (SSSR count). The summed E-state index contributed by atoms with van der Waals surface area (Å²) in [5.41, 5.74) is -1.89. The maximum Gasteiger partial charge on any atom is 0.310 e. The van der Waals surface area contributed by atoms with E-state index in [1.54, 1.807) is 0 Å². The Morgan fingerprint density at radius 1 is 0.443 bits per heavy atom. The Hall–Kier alpha value is -2.28. The summed E-state index contributed by atoms with van der Waals surface area (Å²) in [5.74, 6) is -4.92. The molecule has 0 aliphatic carbocycles. The van der Waals surface area contributed by atoms with Crippen LogP contribution in [0, 0.1) is 17.8 Å². The molecule has 352 valence electrons. The minimum absolute atomic E-state index is 0.188. The highest BCUT2D eigenvalue weighted by Gasteiger charge is 2.51. The van der Waals surface area contributed by atoms with Crippen molar-refractivity contribution in [1.82, 2.24) is 19.6 Å². The number of hydrogen-bond donors (Lipinski definition) is 0. The van der Waals surface area contributed by atoms with E-state index < -0.39 is 66.9 Å². The van der Waals surface area contributed by atoms with Crippen molar-refractivity contribution in [3.8, 4) is 0 Å². The Morgan fingerprint density at radius 3 is 1.00 bits per heavy atom. The Balaban J connectivity index is 1.72. The molecule has 12 heteroatoms. The van der Waals surface area contributed by atoms with E-state index in [1.165, 1.54) is 0 Å². The average molecular weight is 861 g/mol. The van der Waals surface area contributed by atoms with Crippen LogP contribution in [-0.2, 0) is 38.1 Å². The molecule has 61 heavy (non-hydrogen) atoms. The van der Waals surface area contributed by atoms with Crippen LogP contribution in [0.3, 0.4) is 0 Å². The van der Waals surface area contributed by atoms with Gasteiger partial charge in [-0.2, -0.15) is 0 Å². The number of nitrogens with zero attached hydrogens (tertiary/aromatic N) is 4. The first-order chi connectivity index (χ1) is 27.5. The van der Waals surface area contributed by atoms with E-state index in [4.69, 9.17) is 18.9 Å². The van der Waals surface area contributed by atoms with Gasteiger partial charge in [0.15, 0.2) is 0 Å². The SMILES string of the molecule is CC(C)C1CC(OC(=O)CC(C(=O)OC2CC(C)(C)N(C)C(C)(C)C2)C(CC(=O)OC2CC(C)(C)N(C)C(C)(C)C2)C(=O)OC2CC(C)(C)N(C)C(C)(C)C2)CC(C)(C)N1C. The van der Waals surface area contributed by atoms with Gasteiger partial charge < -0.3 is 18.9 Å². The Kier molecular flexibility index (Phi) is 15.1. The Morgan fingerprint density at radius 2 is 0.705 bits per heavy atom. The van der Waals surface area contributed by atoms with Crippen LogP contribution >= 0.6 is 0 Å². The van der Waals surface area contributed by atoms with Crippen molar-refractivity contribution in [1.29, 1.82) is 0 Å². The molecule has 0 radical (unpaired) electrons. The third kappa shape index (κ3) is 11.9. The molecule has 4 fully saturated rings. The monoisotopic (exact) mass is 861 g/mol. The quantitative estimate of drug-likeness (QED) is 0.140. The number of carbonyl (C=O) groups excluding carboxylic acids is 4. The fourth-order valence-corrected chi connectivity index (χ4v) is 11.7. The average Bonchev–Trinajstić information content (AvgIpc) is 3.06. The topological polar surface area (TPSA) is 118 Å². The number of hydrogen-bond acceptors (Lipinski definition) is 12. The second kappa shape index (κ2) is 17.9. The van der Waals surface area contributed by atoms with Crippen LogP contribution in [0.2, 0.25) is 0 Å². The Bertz CT molecular complexity index is 1550. The molecular formula is C49H88N4O8. The van der Waals surface area contributed by atoms with Gasteiger partial charge in [-0.3, -0.25) is 38.8 Å². The molecule has 4 heterocycles. The van der Waals surface area contributed by atoms with Crippen molar-refractivity contribution in [3.05, 3.63) is 0 Å². The third-order valence-electron chi connectivity index (χ3n) is 16.3. The van der Waals surface area contributed by atoms with E-state index in [9.17, 15) is 19.2 Å². The molecule has 0 N–H and O–H groups in total. The van der Waals surface area contributed by atoms with Gasteiger partial charge in [0.2, 0.25) is 0 Å². The van der Waals surface area contributed by atoms with Gasteiger partial charge in [0, 0.05) is 96.2 Å². The minimum atomic E-state index is -1.34. The lowest BCUT2D eigenvalue weighted by molar-refractivity contribution is -0.182. The summed E-state index contributed by atoms with van der Waals surface area (Å²) in [7, 11) is 8.38. The van der Waals surface area contributed by atoms with Crippen molar-refractivity contribution in [2.45, 2.75) is 244 Å². The number of piperidine rings is 4. The summed E-state index contributed by atoms with van der Waals surface area (Å²) in [4.78, 5) is 67.6. The lowest BCUT2D eigenvalue weighted by atomic mass is 9.78. The lowest BCUT2D eigenvalue weighted by Gasteiger charge is -2.53. The highest BCUT2D eigenvalue weighted by Crippen LogP contribution is 2.43. The first kappa shape index (κ1) is 51.4. The third-order valence-corrected chi connectivity index (χ3v) is 16.3. The Labute approximate surface area is 370 Å². The van der Waals surface area contributed by atoms with Gasteiger partial charge in [0.1, 0.15) is 24.4 Å². The standard InChI is InChI=1S/C49H88N4O8/c1-31(2)38-21-32(24-43(3,4)50(38)17)58-39(54)22-36(41(56)60-34-27-46(9,10)52(19)47(11,12)28-34)37(42(57)61-35-29-48(13,14)53(20)49(15,16)30-35)23-40(55)59-33-25-44(5,6)51(18)45(7,8)26-33/h31-38H,21-30H2,1-20H3. The van der Waals surface area contributed by atoms with Crippen molar-refractivity contribution in [2.24, 2.45) is 17.8 Å². The van der Waals surface area contributed by atoms with Gasteiger partial charge in [-0.15, -0.1) is 0 Å². The summed E-state index contributed by atoms with van der Waals surface area (Å²) < 4.78 is 25.3. The molecule has 0 saturated carbocycles. The van der Waals surface area contributed by atoms with Gasteiger partial charge in [-0.25, -0.2) is 0 Å². The summed E-state index contributed by atoms with van der Waals surface area (Å²) in [6, 6.07) is 0.188. The molecule has 0 aromatic carbocycles. The molecule has 0 aromatic heterocycles. The fourth-order valence-electron chi connectivity index (χ4n) is 11.7. The van der Waals surface area contributed by atoms with Crippen molar-refractivity contribution in [2.75, 3.05) is 28.2 Å².